The van der Waals surface area contributed by atoms with Crippen molar-refractivity contribution >= 4 is 16.9 Å². The molecule has 1 aliphatic rings. The first-order chi connectivity index (χ1) is 9.65. The second-order valence-electron chi connectivity index (χ2n) is 5.50. The topological polar surface area (TPSA) is 62.3 Å². The van der Waals surface area contributed by atoms with Crippen molar-refractivity contribution in [1.82, 2.24) is 4.98 Å². The predicted octanol–water partition coefficient (Wildman–Crippen LogP) is 3.00. The number of carbonyl (C=O) groups is 1. The van der Waals surface area contributed by atoms with Crippen LogP contribution in [-0.4, -0.2) is 29.3 Å². The highest BCUT2D eigenvalue weighted by molar-refractivity contribution is 5.86. The number of fused-ring (bicyclic) bond motifs is 1. The number of aromatic amines is 1. The summed E-state index contributed by atoms with van der Waals surface area (Å²) in [5.41, 5.74) is 4.48. The molecule has 2 aromatic rings. The van der Waals surface area contributed by atoms with Crippen molar-refractivity contribution in [3.63, 3.8) is 0 Å². The average Bonchev–Trinajstić information content (AvgIpc) is 2.76. The summed E-state index contributed by atoms with van der Waals surface area (Å²) in [6, 6.07) is 5.88. The van der Waals surface area contributed by atoms with E-state index in [2.05, 4.69) is 11.9 Å². The molecule has 3 rings (SSSR count). The number of aromatic nitrogens is 1. The Balaban J connectivity index is 1.98. The zero-order valence-corrected chi connectivity index (χ0v) is 11.6. The van der Waals surface area contributed by atoms with Gasteiger partial charge in [-0.25, -0.2) is 0 Å². The average molecular weight is 273 g/mol. The number of ether oxygens (including phenoxy) is 1. The third-order valence-corrected chi connectivity index (χ3v) is 4.15. The van der Waals surface area contributed by atoms with E-state index in [0.717, 1.165) is 42.5 Å². The summed E-state index contributed by atoms with van der Waals surface area (Å²) in [4.78, 5) is 14.3. The molecule has 4 nitrogen and oxygen atoms in total. The molecular weight excluding hydrogens is 254 g/mol. The number of aryl methyl sites for hydroxylation is 1. The monoisotopic (exact) mass is 273 g/mol. The normalized spacial score (nSPS) is 16.6. The van der Waals surface area contributed by atoms with Crippen molar-refractivity contribution in [2.75, 3.05) is 13.2 Å². The smallest absolute Gasteiger partial charge is 0.307 e. The standard InChI is InChI=1S/C16H19NO3/c1-10-13-8-11(9-15(18)19)2-3-14(13)17-16(10)12-4-6-20-7-5-12/h2-3,8,12,17H,4-7,9H2,1H3,(H,18,19). The highest BCUT2D eigenvalue weighted by Gasteiger charge is 2.20. The van der Waals surface area contributed by atoms with Gasteiger partial charge in [0, 0.05) is 35.7 Å². The maximum atomic E-state index is 10.8. The fourth-order valence-electron chi connectivity index (χ4n) is 3.07. The van der Waals surface area contributed by atoms with Gasteiger partial charge < -0.3 is 14.8 Å². The van der Waals surface area contributed by atoms with Gasteiger partial charge in [-0.3, -0.25) is 4.79 Å². The van der Waals surface area contributed by atoms with Gasteiger partial charge in [-0.05, 0) is 43.0 Å². The molecule has 106 valence electrons. The summed E-state index contributed by atoms with van der Waals surface area (Å²) < 4.78 is 5.42. The van der Waals surface area contributed by atoms with Crippen LogP contribution in [0.1, 0.15) is 35.6 Å². The van der Waals surface area contributed by atoms with Crippen LogP contribution >= 0.6 is 0 Å². The van der Waals surface area contributed by atoms with E-state index in [9.17, 15) is 4.79 Å². The number of nitrogens with one attached hydrogen (secondary N) is 1. The van der Waals surface area contributed by atoms with Gasteiger partial charge in [0.2, 0.25) is 0 Å². The van der Waals surface area contributed by atoms with Crippen molar-refractivity contribution in [2.45, 2.75) is 32.1 Å². The van der Waals surface area contributed by atoms with Crippen molar-refractivity contribution in [3.8, 4) is 0 Å². The van der Waals surface area contributed by atoms with Crippen LogP contribution in [0, 0.1) is 6.92 Å². The summed E-state index contributed by atoms with van der Waals surface area (Å²) in [5, 5.41) is 10.0. The fraction of sp³-hybridized carbons (Fsp3) is 0.438. The van der Waals surface area contributed by atoms with E-state index in [4.69, 9.17) is 9.84 Å². The number of aliphatic carboxylic acids is 1. The molecule has 0 spiro atoms. The summed E-state index contributed by atoms with van der Waals surface area (Å²) in [6.45, 7) is 3.77. The largest absolute Gasteiger partial charge is 0.481 e. The minimum absolute atomic E-state index is 0.0765. The van der Waals surface area contributed by atoms with Crippen LogP contribution in [0.3, 0.4) is 0 Å². The summed E-state index contributed by atoms with van der Waals surface area (Å²) >= 11 is 0. The van der Waals surface area contributed by atoms with Crippen molar-refractivity contribution in [1.29, 1.82) is 0 Å². The molecular formula is C16H19NO3. The number of benzene rings is 1. The number of hydrogen-bond donors (Lipinski definition) is 2. The minimum atomic E-state index is -0.790. The third kappa shape index (κ3) is 2.43. The molecule has 1 aromatic heterocycles. The molecule has 2 N–H and O–H groups in total. The lowest BCUT2D eigenvalue weighted by Gasteiger charge is -2.21. The van der Waals surface area contributed by atoms with Gasteiger partial charge in [0.25, 0.3) is 0 Å². The SMILES string of the molecule is Cc1c(C2CCOCC2)[nH]c2ccc(CC(=O)O)cc12. The zero-order valence-electron chi connectivity index (χ0n) is 11.6. The number of rotatable bonds is 3. The first-order valence-corrected chi connectivity index (χ1v) is 7.06. The Kier molecular flexibility index (Phi) is 3.49. The highest BCUT2D eigenvalue weighted by atomic mass is 16.5. The first-order valence-electron chi connectivity index (χ1n) is 7.06. The molecule has 0 saturated carbocycles. The van der Waals surface area contributed by atoms with Crippen LogP contribution in [-0.2, 0) is 16.0 Å². The van der Waals surface area contributed by atoms with Gasteiger partial charge in [-0.2, -0.15) is 0 Å². The van der Waals surface area contributed by atoms with E-state index in [1.165, 1.54) is 11.3 Å². The lowest BCUT2D eigenvalue weighted by atomic mass is 9.93. The highest BCUT2D eigenvalue weighted by Crippen LogP contribution is 2.33. The van der Waals surface area contributed by atoms with Crippen molar-refractivity contribution in [2.24, 2.45) is 0 Å². The summed E-state index contributed by atoms with van der Waals surface area (Å²) in [7, 11) is 0. The van der Waals surface area contributed by atoms with E-state index in [-0.39, 0.29) is 6.42 Å². The van der Waals surface area contributed by atoms with Crippen LogP contribution < -0.4 is 0 Å². The summed E-state index contributed by atoms with van der Waals surface area (Å²) in [5.74, 6) is -0.263. The zero-order chi connectivity index (χ0) is 14.1. The Hall–Kier alpha value is -1.81. The van der Waals surface area contributed by atoms with Crippen LogP contribution in [0.4, 0.5) is 0 Å². The van der Waals surface area contributed by atoms with E-state index in [0.29, 0.717) is 5.92 Å². The Labute approximate surface area is 117 Å². The van der Waals surface area contributed by atoms with Crippen LogP contribution in [0.15, 0.2) is 18.2 Å². The molecule has 0 radical (unpaired) electrons. The second-order valence-corrected chi connectivity index (χ2v) is 5.50. The summed E-state index contributed by atoms with van der Waals surface area (Å²) in [6.07, 6.45) is 2.18. The molecule has 0 atom stereocenters. The molecule has 1 fully saturated rings. The maximum Gasteiger partial charge on any atom is 0.307 e. The van der Waals surface area contributed by atoms with Gasteiger partial charge in [-0.1, -0.05) is 6.07 Å². The van der Waals surface area contributed by atoms with Gasteiger partial charge in [0.05, 0.1) is 6.42 Å². The predicted molar refractivity (Wildman–Crippen MR) is 77.2 cm³/mol. The Morgan fingerprint density at radius 2 is 2.15 bits per heavy atom. The molecule has 1 aliphatic heterocycles. The van der Waals surface area contributed by atoms with Crippen molar-refractivity contribution < 1.29 is 14.6 Å². The molecule has 0 aliphatic carbocycles. The number of carboxylic acid groups (broad SMARTS) is 1. The van der Waals surface area contributed by atoms with E-state index in [1.807, 2.05) is 18.2 Å². The molecule has 20 heavy (non-hydrogen) atoms. The quantitative estimate of drug-likeness (QED) is 0.903. The molecule has 1 aromatic carbocycles. The van der Waals surface area contributed by atoms with E-state index < -0.39 is 5.97 Å². The Morgan fingerprint density at radius 3 is 2.85 bits per heavy atom. The van der Waals surface area contributed by atoms with E-state index >= 15 is 0 Å². The molecule has 1 saturated heterocycles. The van der Waals surface area contributed by atoms with Gasteiger partial charge in [-0.15, -0.1) is 0 Å². The van der Waals surface area contributed by atoms with Crippen LogP contribution in [0.2, 0.25) is 0 Å². The molecule has 0 amide bonds. The number of hydrogen-bond acceptors (Lipinski definition) is 2. The molecule has 2 heterocycles. The minimum Gasteiger partial charge on any atom is -0.481 e. The first kappa shape index (κ1) is 13.2. The Bertz CT molecular complexity index is 638. The van der Waals surface area contributed by atoms with Gasteiger partial charge in [0.1, 0.15) is 0 Å². The molecule has 0 unspecified atom stereocenters. The lowest BCUT2D eigenvalue weighted by molar-refractivity contribution is -0.136. The fourth-order valence-corrected chi connectivity index (χ4v) is 3.07. The van der Waals surface area contributed by atoms with Crippen LogP contribution in [0.25, 0.3) is 10.9 Å². The van der Waals surface area contributed by atoms with Crippen LogP contribution in [0.5, 0.6) is 0 Å². The van der Waals surface area contributed by atoms with Gasteiger partial charge in [0.15, 0.2) is 0 Å². The molecule has 4 heteroatoms. The maximum absolute atomic E-state index is 10.8. The van der Waals surface area contributed by atoms with Gasteiger partial charge >= 0.3 is 5.97 Å². The lowest BCUT2D eigenvalue weighted by Crippen LogP contribution is -2.14. The van der Waals surface area contributed by atoms with E-state index in [1.54, 1.807) is 0 Å². The number of carboxylic acids is 1. The third-order valence-electron chi connectivity index (χ3n) is 4.15. The second kappa shape index (κ2) is 5.29. The van der Waals surface area contributed by atoms with Crippen molar-refractivity contribution in [3.05, 3.63) is 35.0 Å². The Morgan fingerprint density at radius 1 is 1.40 bits per heavy atom. The number of H-pyrrole nitrogens is 1. The molecule has 0 bridgehead atoms.